The van der Waals surface area contributed by atoms with E-state index in [-0.39, 0.29) is 0 Å². The Bertz CT molecular complexity index is 327. The molecule has 0 aromatic carbocycles. The lowest BCUT2D eigenvalue weighted by molar-refractivity contribution is 0.447. The van der Waals surface area contributed by atoms with E-state index in [1.165, 1.54) is 46.2 Å². The number of hydrogen-bond donors (Lipinski definition) is 1. The molecule has 1 aromatic heterocycles. The molecule has 2 rings (SSSR count). The number of thiophene rings is 1. The van der Waals surface area contributed by atoms with Crippen molar-refractivity contribution in [3.8, 4) is 0 Å². The molecule has 1 aromatic rings. The van der Waals surface area contributed by atoms with Crippen molar-refractivity contribution in [2.75, 3.05) is 18.1 Å². The molecule has 1 fully saturated rings. The number of nitrogens with one attached hydrogen (secondary N) is 1. The predicted molar refractivity (Wildman–Crippen MR) is 75.5 cm³/mol. The Hall–Kier alpha value is 0.01000. The van der Waals surface area contributed by atoms with E-state index in [1.807, 2.05) is 11.3 Å². The third kappa shape index (κ3) is 3.51. The first kappa shape index (κ1) is 12.5. The van der Waals surface area contributed by atoms with Crippen LogP contribution in [-0.2, 0) is 6.54 Å². The van der Waals surface area contributed by atoms with Gasteiger partial charge in [0.15, 0.2) is 0 Å². The molecule has 0 radical (unpaired) electrons. The van der Waals surface area contributed by atoms with Crippen LogP contribution in [0.3, 0.4) is 0 Å². The summed E-state index contributed by atoms with van der Waals surface area (Å²) in [4.78, 5) is 2.91. The van der Waals surface area contributed by atoms with E-state index in [0.717, 1.165) is 12.5 Å². The van der Waals surface area contributed by atoms with E-state index in [0.29, 0.717) is 0 Å². The van der Waals surface area contributed by atoms with Gasteiger partial charge in [0, 0.05) is 16.3 Å². The smallest absolute Gasteiger partial charge is 0.0216 e. The van der Waals surface area contributed by atoms with E-state index in [2.05, 4.69) is 37.0 Å². The second-order valence-electron chi connectivity index (χ2n) is 4.63. The van der Waals surface area contributed by atoms with Crippen molar-refractivity contribution in [3.05, 3.63) is 21.4 Å². The highest BCUT2D eigenvalue weighted by Gasteiger charge is 2.13. The summed E-state index contributed by atoms with van der Waals surface area (Å²) in [5, 5.41) is 3.62. The van der Waals surface area contributed by atoms with E-state index in [4.69, 9.17) is 0 Å². The third-order valence-corrected chi connectivity index (χ3v) is 5.29. The summed E-state index contributed by atoms with van der Waals surface area (Å²) >= 11 is 4.02. The van der Waals surface area contributed by atoms with Gasteiger partial charge < -0.3 is 5.32 Å². The molecule has 2 heterocycles. The molecule has 1 nitrogen and oxygen atoms in total. The molecule has 1 saturated heterocycles. The first-order chi connectivity index (χ1) is 7.75. The lowest BCUT2D eigenvalue weighted by atomic mass is 10.0. The van der Waals surface area contributed by atoms with Gasteiger partial charge in [-0.25, -0.2) is 0 Å². The molecular weight excluding hydrogens is 234 g/mol. The number of rotatable bonds is 4. The van der Waals surface area contributed by atoms with Gasteiger partial charge in [0.25, 0.3) is 0 Å². The summed E-state index contributed by atoms with van der Waals surface area (Å²) in [7, 11) is 0. The highest BCUT2D eigenvalue weighted by atomic mass is 32.2. The molecule has 0 spiro atoms. The molecule has 3 heteroatoms. The van der Waals surface area contributed by atoms with Crippen LogP contribution in [0.2, 0.25) is 0 Å². The molecule has 0 amide bonds. The molecule has 0 atom stereocenters. The van der Waals surface area contributed by atoms with Gasteiger partial charge in [0.1, 0.15) is 0 Å². The quantitative estimate of drug-likeness (QED) is 0.882. The molecule has 0 aliphatic carbocycles. The minimum atomic E-state index is 0.918. The number of aryl methyl sites for hydroxylation is 2. The maximum atomic E-state index is 3.62. The Morgan fingerprint density at radius 2 is 2.06 bits per heavy atom. The van der Waals surface area contributed by atoms with Gasteiger partial charge in [-0.05, 0) is 62.3 Å². The van der Waals surface area contributed by atoms with E-state index < -0.39 is 0 Å². The van der Waals surface area contributed by atoms with Crippen molar-refractivity contribution in [2.45, 2.75) is 33.2 Å². The van der Waals surface area contributed by atoms with Crippen LogP contribution in [0.5, 0.6) is 0 Å². The molecule has 0 unspecified atom stereocenters. The Balaban J connectivity index is 1.73. The topological polar surface area (TPSA) is 12.0 Å². The van der Waals surface area contributed by atoms with Crippen molar-refractivity contribution in [3.63, 3.8) is 0 Å². The van der Waals surface area contributed by atoms with Crippen molar-refractivity contribution >= 4 is 23.1 Å². The summed E-state index contributed by atoms with van der Waals surface area (Å²) in [6, 6.07) is 2.32. The Kier molecular flexibility index (Phi) is 4.74. The average Bonchev–Trinajstić information content (AvgIpc) is 2.59. The van der Waals surface area contributed by atoms with Gasteiger partial charge in [-0.15, -0.1) is 11.3 Å². The van der Waals surface area contributed by atoms with E-state index in [1.54, 1.807) is 0 Å². The molecule has 16 heavy (non-hydrogen) atoms. The number of thioether (sulfide) groups is 1. The van der Waals surface area contributed by atoms with Gasteiger partial charge in [0.05, 0.1) is 0 Å². The van der Waals surface area contributed by atoms with Crippen LogP contribution >= 0.6 is 23.1 Å². The largest absolute Gasteiger partial charge is 0.312 e. The lowest BCUT2D eigenvalue weighted by Gasteiger charge is -2.21. The zero-order valence-electron chi connectivity index (χ0n) is 10.2. The maximum absolute atomic E-state index is 3.62. The fourth-order valence-electron chi connectivity index (χ4n) is 2.22. The van der Waals surface area contributed by atoms with Gasteiger partial charge in [0.2, 0.25) is 0 Å². The van der Waals surface area contributed by atoms with Gasteiger partial charge in [-0.2, -0.15) is 11.8 Å². The second kappa shape index (κ2) is 6.08. The van der Waals surface area contributed by atoms with Crippen LogP contribution in [0.15, 0.2) is 6.07 Å². The Morgan fingerprint density at radius 1 is 1.31 bits per heavy atom. The highest BCUT2D eigenvalue weighted by Crippen LogP contribution is 2.23. The molecular formula is C13H21NS2. The molecule has 0 saturated carbocycles. The van der Waals surface area contributed by atoms with Gasteiger partial charge in [-0.3, -0.25) is 0 Å². The van der Waals surface area contributed by atoms with Gasteiger partial charge >= 0.3 is 0 Å². The van der Waals surface area contributed by atoms with Crippen LogP contribution in [0, 0.1) is 19.8 Å². The van der Waals surface area contributed by atoms with Crippen LogP contribution < -0.4 is 5.32 Å². The van der Waals surface area contributed by atoms with Crippen LogP contribution in [-0.4, -0.2) is 18.1 Å². The van der Waals surface area contributed by atoms with Crippen LogP contribution in [0.1, 0.15) is 28.2 Å². The average molecular weight is 255 g/mol. The highest BCUT2D eigenvalue weighted by molar-refractivity contribution is 7.99. The Morgan fingerprint density at radius 3 is 2.69 bits per heavy atom. The fraction of sp³-hybridized carbons (Fsp3) is 0.692. The summed E-state index contributed by atoms with van der Waals surface area (Å²) in [6.45, 7) is 6.68. The van der Waals surface area contributed by atoms with E-state index >= 15 is 0 Å². The van der Waals surface area contributed by atoms with Crippen molar-refractivity contribution in [1.29, 1.82) is 0 Å². The number of hydrogen-bond acceptors (Lipinski definition) is 3. The van der Waals surface area contributed by atoms with Crippen molar-refractivity contribution in [2.24, 2.45) is 5.92 Å². The first-order valence-corrected chi connectivity index (χ1v) is 8.07. The zero-order chi connectivity index (χ0) is 11.4. The summed E-state index contributed by atoms with van der Waals surface area (Å²) in [5.41, 5.74) is 1.49. The molecule has 0 bridgehead atoms. The van der Waals surface area contributed by atoms with Crippen LogP contribution in [0.25, 0.3) is 0 Å². The molecule has 1 N–H and O–H groups in total. The third-order valence-electron chi connectivity index (χ3n) is 3.23. The molecule has 90 valence electrons. The molecule has 1 aliphatic rings. The predicted octanol–water partition coefficient (Wildman–Crippen LogP) is 3.60. The lowest BCUT2D eigenvalue weighted by Crippen LogP contribution is -2.25. The molecule has 1 aliphatic heterocycles. The first-order valence-electron chi connectivity index (χ1n) is 6.10. The van der Waals surface area contributed by atoms with Gasteiger partial charge in [-0.1, -0.05) is 0 Å². The summed E-state index contributed by atoms with van der Waals surface area (Å²) < 4.78 is 0. The fourth-order valence-corrected chi connectivity index (χ4v) is 4.37. The van der Waals surface area contributed by atoms with Crippen molar-refractivity contribution < 1.29 is 0 Å². The van der Waals surface area contributed by atoms with E-state index in [9.17, 15) is 0 Å². The summed E-state index contributed by atoms with van der Waals surface area (Å²) in [5.74, 6) is 3.65. The summed E-state index contributed by atoms with van der Waals surface area (Å²) in [6.07, 6.45) is 2.80. The van der Waals surface area contributed by atoms with Crippen LogP contribution in [0.4, 0.5) is 0 Å². The Labute approximate surface area is 107 Å². The zero-order valence-corrected chi connectivity index (χ0v) is 11.8. The van der Waals surface area contributed by atoms with Crippen molar-refractivity contribution in [1.82, 2.24) is 5.32 Å². The SMILES string of the molecule is Cc1cc(CNCC2CCSCC2)c(C)s1. The minimum Gasteiger partial charge on any atom is -0.312 e. The normalized spacial score (nSPS) is 17.9. The monoisotopic (exact) mass is 255 g/mol. The minimum absolute atomic E-state index is 0.918. The second-order valence-corrected chi connectivity index (χ2v) is 7.31. The maximum Gasteiger partial charge on any atom is 0.0216 e. The standard InChI is InChI=1S/C13H21NS2/c1-10-7-13(11(2)16-10)9-14-8-12-3-5-15-6-4-12/h7,12,14H,3-6,8-9H2,1-2H3.